The van der Waals surface area contributed by atoms with Gasteiger partial charge in [0.1, 0.15) is 0 Å². The average molecular weight is 178 g/mol. The summed E-state index contributed by atoms with van der Waals surface area (Å²) in [6, 6.07) is 3.68. The fraction of sp³-hybridized carbons (Fsp3) is 0.333. The number of pyridine rings is 1. The van der Waals surface area contributed by atoms with Crippen LogP contribution in [0, 0.1) is 0 Å². The molecule has 0 unspecified atom stereocenters. The Morgan fingerprint density at radius 3 is 3.23 bits per heavy atom. The van der Waals surface area contributed by atoms with Gasteiger partial charge < -0.3 is 4.74 Å². The lowest BCUT2D eigenvalue weighted by molar-refractivity contribution is 0.397. The number of aliphatic imine (C=N–C) groups is 1. The molecule has 4 nitrogen and oxygen atoms in total. The quantitative estimate of drug-likeness (QED) is 0.510. The maximum absolute atomic E-state index is 9.79. The average Bonchev–Trinajstić information content (AvgIpc) is 2.19. The predicted molar refractivity (Wildman–Crippen MR) is 47.5 cm³/mol. The van der Waals surface area contributed by atoms with Gasteiger partial charge >= 0.3 is 0 Å². The molecule has 0 aliphatic rings. The van der Waals surface area contributed by atoms with Crippen LogP contribution < -0.4 is 4.74 Å². The van der Waals surface area contributed by atoms with Gasteiger partial charge in [0.25, 0.3) is 0 Å². The van der Waals surface area contributed by atoms with Crippen LogP contribution in [0.3, 0.4) is 0 Å². The van der Waals surface area contributed by atoms with Gasteiger partial charge in [-0.25, -0.2) is 14.8 Å². The fourth-order valence-electron chi connectivity index (χ4n) is 0.948. The van der Waals surface area contributed by atoms with E-state index in [-0.39, 0.29) is 0 Å². The normalized spacial score (nSPS) is 9.00. The lowest BCUT2D eigenvalue weighted by atomic mass is 10.2. The molecule has 1 heterocycles. The summed E-state index contributed by atoms with van der Waals surface area (Å²) in [6.07, 6.45) is 3.86. The lowest BCUT2D eigenvalue weighted by Gasteiger charge is -2.00. The number of nitrogens with zero attached hydrogens (tertiary/aromatic N) is 2. The van der Waals surface area contributed by atoms with Gasteiger partial charge in [0, 0.05) is 12.3 Å². The van der Waals surface area contributed by atoms with Crippen molar-refractivity contribution in [2.75, 3.05) is 13.7 Å². The zero-order valence-electron chi connectivity index (χ0n) is 7.36. The lowest BCUT2D eigenvalue weighted by Crippen LogP contribution is -1.92. The molecule has 0 saturated heterocycles. The first-order valence-electron chi connectivity index (χ1n) is 3.89. The molecule has 68 valence electrons. The number of isocyanates is 1. The number of methoxy groups -OCH3 is 1. The minimum atomic E-state index is 0.455. The monoisotopic (exact) mass is 178 g/mol. The second kappa shape index (κ2) is 5.06. The van der Waals surface area contributed by atoms with Crippen LogP contribution >= 0.6 is 0 Å². The van der Waals surface area contributed by atoms with Crippen molar-refractivity contribution < 1.29 is 9.53 Å². The van der Waals surface area contributed by atoms with E-state index in [1.54, 1.807) is 13.3 Å². The van der Waals surface area contributed by atoms with Gasteiger partial charge in [-0.1, -0.05) is 0 Å². The summed E-state index contributed by atoms with van der Waals surface area (Å²) in [5.41, 5.74) is 1.05. The molecule has 4 heteroatoms. The maximum Gasteiger partial charge on any atom is 0.234 e. The van der Waals surface area contributed by atoms with Crippen molar-refractivity contribution in [3.8, 4) is 5.88 Å². The number of hydrogen-bond acceptors (Lipinski definition) is 4. The highest BCUT2D eigenvalue weighted by molar-refractivity contribution is 5.33. The van der Waals surface area contributed by atoms with Gasteiger partial charge in [-0.05, 0) is 18.1 Å². The first-order chi connectivity index (χ1) is 6.36. The van der Waals surface area contributed by atoms with Crippen LogP contribution in [0.15, 0.2) is 23.3 Å². The third-order valence-corrected chi connectivity index (χ3v) is 1.59. The summed E-state index contributed by atoms with van der Waals surface area (Å²) in [6.45, 7) is 0.455. The topological polar surface area (TPSA) is 51.5 Å². The van der Waals surface area contributed by atoms with E-state index in [4.69, 9.17) is 4.74 Å². The third kappa shape index (κ3) is 3.05. The highest BCUT2D eigenvalue weighted by Gasteiger charge is 1.95. The summed E-state index contributed by atoms with van der Waals surface area (Å²) < 4.78 is 4.94. The molecule has 0 atom stereocenters. The predicted octanol–water partition coefficient (Wildman–Crippen LogP) is 0.968. The molecule has 0 fully saturated rings. The van der Waals surface area contributed by atoms with Gasteiger partial charge in [0.15, 0.2) is 0 Å². The maximum atomic E-state index is 9.79. The Labute approximate surface area is 76.3 Å². The highest BCUT2D eigenvalue weighted by Crippen LogP contribution is 2.08. The summed E-state index contributed by atoms with van der Waals surface area (Å²) in [5.74, 6) is 0.576. The highest BCUT2D eigenvalue weighted by atomic mass is 16.5. The van der Waals surface area contributed by atoms with Crippen molar-refractivity contribution >= 4 is 6.08 Å². The van der Waals surface area contributed by atoms with Gasteiger partial charge in [-0.15, -0.1) is 0 Å². The number of aromatic nitrogens is 1. The molecule has 0 N–H and O–H groups in total. The molecule has 0 aromatic carbocycles. The van der Waals surface area contributed by atoms with E-state index < -0.39 is 0 Å². The fourth-order valence-corrected chi connectivity index (χ4v) is 0.948. The van der Waals surface area contributed by atoms with Crippen LogP contribution in [0.5, 0.6) is 5.88 Å². The molecule has 0 radical (unpaired) electrons. The van der Waals surface area contributed by atoms with E-state index in [0.29, 0.717) is 18.8 Å². The van der Waals surface area contributed by atoms with Crippen molar-refractivity contribution in [1.82, 2.24) is 4.98 Å². The number of rotatable bonds is 4. The largest absolute Gasteiger partial charge is 0.481 e. The third-order valence-electron chi connectivity index (χ3n) is 1.59. The van der Waals surface area contributed by atoms with E-state index >= 15 is 0 Å². The first kappa shape index (κ1) is 9.42. The van der Waals surface area contributed by atoms with Gasteiger partial charge in [0.2, 0.25) is 12.0 Å². The van der Waals surface area contributed by atoms with Gasteiger partial charge in [-0.2, -0.15) is 0 Å². The molecule has 1 rings (SSSR count). The van der Waals surface area contributed by atoms with Crippen molar-refractivity contribution in [1.29, 1.82) is 0 Å². The molecular formula is C9H10N2O2. The van der Waals surface area contributed by atoms with E-state index in [1.807, 2.05) is 12.1 Å². The molecule has 0 spiro atoms. The summed E-state index contributed by atoms with van der Waals surface area (Å²) in [7, 11) is 1.57. The number of hydrogen-bond donors (Lipinski definition) is 0. The van der Waals surface area contributed by atoms with Crippen LogP contribution in [0.25, 0.3) is 0 Å². The second-order valence-corrected chi connectivity index (χ2v) is 2.43. The summed E-state index contributed by atoms with van der Waals surface area (Å²) in [5, 5.41) is 0. The molecular weight excluding hydrogens is 168 g/mol. The van der Waals surface area contributed by atoms with Crippen molar-refractivity contribution in [3.63, 3.8) is 0 Å². The SMILES string of the molecule is COc1cc(CCN=C=O)ccn1. The zero-order chi connectivity index (χ0) is 9.52. The summed E-state index contributed by atoms with van der Waals surface area (Å²) in [4.78, 5) is 17.2. The van der Waals surface area contributed by atoms with Gasteiger partial charge in [-0.3, -0.25) is 0 Å². The van der Waals surface area contributed by atoms with Crippen LogP contribution in [-0.2, 0) is 11.2 Å². The molecule has 0 bridgehead atoms. The van der Waals surface area contributed by atoms with E-state index in [2.05, 4.69) is 9.98 Å². The molecule has 1 aromatic heterocycles. The molecule has 0 saturated carbocycles. The van der Waals surface area contributed by atoms with Crippen molar-refractivity contribution in [3.05, 3.63) is 23.9 Å². The molecule has 0 aliphatic carbocycles. The second-order valence-electron chi connectivity index (χ2n) is 2.43. The zero-order valence-corrected chi connectivity index (χ0v) is 7.36. The van der Waals surface area contributed by atoms with E-state index in [0.717, 1.165) is 5.56 Å². The molecule has 13 heavy (non-hydrogen) atoms. The Hall–Kier alpha value is -1.67. The van der Waals surface area contributed by atoms with E-state index in [1.165, 1.54) is 6.08 Å². The van der Waals surface area contributed by atoms with Gasteiger partial charge in [0.05, 0.1) is 13.7 Å². The van der Waals surface area contributed by atoms with E-state index in [9.17, 15) is 4.79 Å². The first-order valence-corrected chi connectivity index (χ1v) is 3.89. The Balaban J connectivity index is 2.60. The molecule has 0 amide bonds. The minimum Gasteiger partial charge on any atom is -0.481 e. The summed E-state index contributed by atoms with van der Waals surface area (Å²) >= 11 is 0. The Kier molecular flexibility index (Phi) is 3.67. The minimum absolute atomic E-state index is 0.455. The Morgan fingerprint density at radius 1 is 1.69 bits per heavy atom. The van der Waals surface area contributed by atoms with Crippen molar-refractivity contribution in [2.24, 2.45) is 4.99 Å². The van der Waals surface area contributed by atoms with Crippen molar-refractivity contribution in [2.45, 2.75) is 6.42 Å². The Morgan fingerprint density at radius 2 is 2.54 bits per heavy atom. The number of ether oxygens (including phenoxy) is 1. The van der Waals surface area contributed by atoms with Crippen LogP contribution in [0.2, 0.25) is 0 Å². The smallest absolute Gasteiger partial charge is 0.234 e. The molecule has 0 aliphatic heterocycles. The number of carbonyl (C=O) groups excluding carboxylic acids is 1. The Bertz CT molecular complexity index is 319. The standard InChI is InChI=1S/C9H10N2O2/c1-13-9-6-8(3-5-11-9)2-4-10-7-12/h3,5-6H,2,4H2,1H3. The van der Waals surface area contributed by atoms with Crippen LogP contribution in [0.4, 0.5) is 0 Å². The van der Waals surface area contributed by atoms with Crippen LogP contribution in [0.1, 0.15) is 5.56 Å². The molecule has 1 aromatic rings. The van der Waals surface area contributed by atoms with Crippen LogP contribution in [-0.4, -0.2) is 24.7 Å².